The molecule has 4 rings (SSSR count). The first-order chi connectivity index (χ1) is 14.1. The largest absolute Gasteiger partial charge is 0.459 e. The van der Waals surface area contributed by atoms with Gasteiger partial charge in [-0.05, 0) is 37.1 Å². The molecule has 1 N–H and O–H groups in total. The standard InChI is InChI=1S/C20H19ClN4O4/c21-14-5-1-4-13(12-14)18-23-17(29-24-18)8-9-22-19(26)15-6-2-10-25(15)20(27)16-7-3-11-28-16/h1,3-5,7,11-12,15H,2,6,8-10H2,(H,22,26). The molecule has 1 aromatic carbocycles. The lowest BCUT2D eigenvalue weighted by molar-refractivity contribution is -0.124. The monoisotopic (exact) mass is 414 g/mol. The van der Waals surface area contributed by atoms with Gasteiger partial charge in [0.25, 0.3) is 5.91 Å². The first kappa shape index (κ1) is 19.2. The smallest absolute Gasteiger partial charge is 0.290 e. The Hall–Kier alpha value is -3.13. The first-order valence-corrected chi connectivity index (χ1v) is 9.70. The highest BCUT2D eigenvalue weighted by Crippen LogP contribution is 2.21. The molecule has 1 saturated heterocycles. The Bertz CT molecular complexity index is 1000. The van der Waals surface area contributed by atoms with Crippen molar-refractivity contribution in [1.82, 2.24) is 20.4 Å². The number of hydrogen-bond acceptors (Lipinski definition) is 6. The fourth-order valence-corrected chi connectivity index (χ4v) is 3.53. The predicted molar refractivity (Wildman–Crippen MR) is 104 cm³/mol. The summed E-state index contributed by atoms with van der Waals surface area (Å²) in [6.45, 7) is 0.861. The zero-order valence-electron chi connectivity index (χ0n) is 15.5. The Morgan fingerprint density at radius 1 is 1.28 bits per heavy atom. The third-order valence-corrected chi connectivity index (χ3v) is 4.97. The molecule has 0 bridgehead atoms. The van der Waals surface area contributed by atoms with Gasteiger partial charge in [0, 0.05) is 30.1 Å². The zero-order chi connectivity index (χ0) is 20.2. The van der Waals surface area contributed by atoms with Gasteiger partial charge in [0.2, 0.25) is 17.6 Å². The average molecular weight is 415 g/mol. The Morgan fingerprint density at radius 3 is 2.97 bits per heavy atom. The molecule has 1 unspecified atom stereocenters. The molecule has 1 aliphatic heterocycles. The first-order valence-electron chi connectivity index (χ1n) is 9.32. The molecule has 9 heteroatoms. The van der Waals surface area contributed by atoms with E-state index in [1.54, 1.807) is 29.2 Å². The van der Waals surface area contributed by atoms with Gasteiger partial charge < -0.3 is 19.2 Å². The summed E-state index contributed by atoms with van der Waals surface area (Å²) in [5.41, 5.74) is 0.759. The Morgan fingerprint density at radius 2 is 2.17 bits per heavy atom. The van der Waals surface area contributed by atoms with Crippen molar-refractivity contribution in [2.24, 2.45) is 0 Å². The molecule has 1 fully saturated rings. The maximum absolute atomic E-state index is 12.6. The minimum atomic E-state index is -0.502. The summed E-state index contributed by atoms with van der Waals surface area (Å²) in [6, 6.07) is 9.92. The topological polar surface area (TPSA) is 101 Å². The lowest BCUT2D eigenvalue weighted by Crippen LogP contribution is -2.46. The van der Waals surface area contributed by atoms with E-state index in [-0.39, 0.29) is 17.6 Å². The minimum Gasteiger partial charge on any atom is -0.459 e. The molecule has 0 spiro atoms. The molecule has 1 atom stereocenters. The zero-order valence-corrected chi connectivity index (χ0v) is 16.3. The summed E-state index contributed by atoms with van der Waals surface area (Å²) in [6.07, 6.45) is 3.23. The van der Waals surface area contributed by atoms with Crippen molar-refractivity contribution in [2.75, 3.05) is 13.1 Å². The third-order valence-electron chi connectivity index (χ3n) is 4.74. The second-order valence-corrected chi connectivity index (χ2v) is 7.13. The number of aromatic nitrogens is 2. The lowest BCUT2D eigenvalue weighted by Gasteiger charge is -2.22. The van der Waals surface area contributed by atoms with Crippen molar-refractivity contribution in [1.29, 1.82) is 0 Å². The van der Waals surface area contributed by atoms with Crippen molar-refractivity contribution in [3.63, 3.8) is 0 Å². The van der Waals surface area contributed by atoms with Crippen molar-refractivity contribution >= 4 is 23.4 Å². The van der Waals surface area contributed by atoms with E-state index >= 15 is 0 Å². The summed E-state index contributed by atoms with van der Waals surface area (Å²) >= 11 is 5.98. The van der Waals surface area contributed by atoms with E-state index in [0.29, 0.717) is 42.7 Å². The van der Waals surface area contributed by atoms with Crippen molar-refractivity contribution < 1.29 is 18.5 Å². The molecule has 0 radical (unpaired) electrons. The van der Waals surface area contributed by atoms with E-state index in [0.717, 1.165) is 12.0 Å². The Labute approximate surface area is 171 Å². The molecule has 2 aromatic heterocycles. The van der Waals surface area contributed by atoms with Gasteiger partial charge in [0.1, 0.15) is 6.04 Å². The normalized spacial score (nSPS) is 16.2. The number of amides is 2. The van der Waals surface area contributed by atoms with Gasteiger partial charge in [-0.1, -0.05) is 28.9 Å². The van der Waals surface area contributed by atoms with Crippen LogP contribution in [0.2, 0.25) is 5.02 Å². The number of furan rings is 1. The number of carbonyl (C=O) groups is 2. The van der Waals surface area contributed by atoms with Crippen molar-refractivity contribution in [2.45, 2.75) is 25.3 Å². The molecule has 2 amide bonds. The van der Waals surface area contributed by atoms with Gasteiger partial charge >= 0.3 is 0 Å². The minimum absolute atomic E-state index is 0.197. The second kappa shape index (κ2) is 8.48. The van der Waals surface area contributed by atoms with Crippen LogP contribution in [0.1, 0.15) is 29.3 Å². The molecule has 8 nitrogen and oxygen atoms in total. The van der Waals surface area contributed by atoms with Crippen molar-refractivity contribution in [3.8, 4) is 11.4 Å². The van der Waals surface area contributed by atoms with E-state index in [4.69, 9.17) is 20.5 Å². The molecule has 29 heavy (non-hydrogen) atoms. The maximum atomic E-state index is 12.6. The quantitative estimate of drug-likeness (QED) is 0.665. The maximum Gasteiger partial charge on any atom is 0.290 e. The number of benzene rings is 1. The summed E-state index contributed by atoms with van der Waals surface area (Å²) in [4.78, 5) is 30.9. The highest BCUT2D eigenvalue weighted by molar-refractivity contribution is 6.30. The number of hydrogen-bond donors (Lipinski definition) is 1. The molecule has 150 valence electrons. The second-order valence-electron chi connectivity index (χ2n) is 6.70. The van der Waals surface area contributed by atoms with Crippen LogP contribution in [-0.2, 0) is 11.2 Å². The SMILES string of the molecule is O=C(NCCc1nc(-c2cccc(Cl)c2)no1)C1CCCN1C(=O)c1ccco1. The summed E-state index contributed by atoms with van der Waals surface area (Å²) in [5, 5.41) is 7.38. The number of nitrogens with zero attached hydrogens (tertiary/aromatic N) is 3. The number of nitrogens with one attached hydrogen (secondary N) is 1. The number of rotatable bonds is 6. The number of carbonyl (C=O) groups excluding carboxylic acids is 2. The van der Waals surface area contributed by atoms with Crippen molar-refractivity contribution in [3.05, 3.63) is 59.3 Å². The predicted octanol–water partition coefficient (Wildman–Crippen LogP) is 2.95. The number of halogens is 1. The lowest BCUT2D eigenvalue weighted by atomic mass is 10.2. The molecule has 0 aliphatic carbocycles. The molecular formula is C20H19ClN4O4. The fourth-order valence-electron chi connectivity index (χ4n) is 3.34. The summed E-state index contributed by atoms with van der Waals surface area (Å²) < 4.78 is 10.4. The van der Waals surface area contributed by atoms with Gasteiger partial charge in [-0.15, -0.1) is 0 Å². The van der Waals surface area contributed by atoms with Crippen LogP contribution in [-0.4, -0.2) is 46.0 Å². The Kier molecular flexibility index (Phi) is 5.62. The van der Waals surface area contributed by atoms with Crippen LogP contribution < -0.4 is 5.32 Å². The van der Waals surface area contributed by atoms with E-state index in [2.05, 4.69) is 15.5 Å². The van der Waals surface area contributed by atoms with E-state index in [1.807, 2.05) is 12.1 Å². The Balaban J connectivity index is 1.31. The van der Waals surface area contributed by atoms with Gasteiger partial charge in [0.05, 0.1) is 6.26 Å². The van der Waals surface area contributed by atoms with Crippen LogP contribution in [0.5, 0.6) is 0 Å². The van der Waals surface area contributed by atoms with Gasteiger partial charge in [-0.25, -0.2) is 0 Å². The number of likely N-dealkylation sites (tertiary alicyclic amines) is 1. The summed E-state index contributed by atoms with van der Waals surface area (Å²) in [7, 11) is 0. The van der Waals surface area contributed by atoms with Crippen LogP contribution in [0.15, 0.2) is 51.6 Å². The molecule has 0 saturated carbocycles. The van der Waals surface area contributed by atoms with Crippen LogP contribution in [0.4, 0.5) is 0 Å². The summed E-state index contributed by atoms with van der Waals surface area (Å²) in [5.74, 6) is 0.631. The van der Waals surface area contributed by atoms with Crippen LogP contribution in [0.25, 0.3) is 11.4 Å². The van der Waals surface area contributed by atoms with Gasteiger partial charge in [-0.3, -0.25) is 9.59 Å². The molecule has 3 aromatic rings. The molecule has 3 heterocycles. The van der Waals surface area contributed by atoms with Gasteiger partial charge in [-0.2, -0.15) is 4.98 Å². The average Bonchev–Trinajstić information content (AvgIpc) is 3.48. The third kappa shape index (κ3) is 4.32. The van der Waals surface area contributed by atoms with Gasteiger partial charge in [0.15, 0.2) is 5.76 Å². The van der Waals surface area contributed by atoms with Crippen LogP contribution in [0, 0.1) is 0 Å². The highest BCUT2D eigenvalue weighted by atomic mass is 35.5. The van der Waals surface area contributed by atoms with E-state index in [1.165, 1.54) is 6.26 Å². The fraction of sp³-hybridized carbons (Fsp3) is 0.300. The van der Waals surface area contributed by atoms with Crippen LogP contribution in [0.3, 0.4) is 0 Å². The highest BCUT2D eigenvalue weighted by Gasteiger charge is 2.35. The molecule has 1 aliphatic rings. The van der Waals surface area contributed by atoms with Crippen LogP contribution >= 0.6 is 11.6 Å². The van der Waals surface area contributed by atoms with E-state index in [9.17, 15) is 9.59 Å². The molecular weight excluding hydrogens is 396 g/mol. The van der Waals surface area contributed by atoms with E-state index < -0.39 is 6.04 Å².